The number of rotatable bonds is 4. The zero-order valence-corrected chi connectivity index (χ0v) is 18.0. The predicted molar refractivity (Wildman–Crippen MR) is 118 cm³/mol. The van der Waals surface area contributed by atoms with Crippen LogP contribution in [0.1, 0.15) is 18.4 Å². The average Bonchev–Trinajstić information content (AvgIpc) is 3.17. The van der Waals surface area contributed by atoms with Crippen LogP contribution >= 0.6 is 34.2 Å². The molecule has 0 bridgehead atoms. The second kappa shape index (κ2) is 7.84. The van der Waals surface area contributed by atoms with Gasteiger partial charge in [0.1, 0.15) is 17.8 Å². The van der Waals surface area contributed by atoms with Crippen LogP contribution < -0.4 is 16.0 Å². The smallest absolute Gasteiger partial charge is 0.240 e. The summed E-state index contributed by atoms with van der Waals surface area (Å²) in [6, 6.07) is 7.73. The summed E-state index contributed by atoms with van der Waals surface area (Å²) in [7, 11) is 0. The molecule has 3 heterocycles. The van der Waals surface area contributed by atoms with Gasteiger partial charge >= 0.3 is 0 Å². The number of aromatic amines is 1. The number of nitrogens with two attached hydrogens (primary N) is 1. The second-order valence-electron chi connectivity index (χ2n) is 7.00. The minimum atomic E-state index is -0.892. The number of halogens is 2. The summed E-state index contributed by atoms with van der Waals surface area (Å²) < 4.78 is 1.06. The van der Waals surface area contributed by atoms with Crippen LogP contribution in [0.2, 0.25) is 5.02 Å². The van der Waals surface area contributed by atoms with Crippen LogP contribution in [0, 0.1) is 3.57 Å². The molecule has 2 aromatic heterocycles. The summed E-state index contributed by atoms with van der Waals surface area (Å²) in [6.07, 6.45) is 4.50. The van der Waals surface area contributed by atoms with Gasteiger partial charge in [-0.05, 0) is 59.2 Å². The van der Waals surface area contributed by atoms with Gasteiger partial charge in [0.2, 0.25) is 5.91 Å². The molecule has 1 fully saturated rings. The molecular formula is C19H20ClIN6O. The summed E-state index contributed by atoms with van der Waals surface area (Å²) in [4.78, 5) is 26.7. The van der Waals surface area contributed by atoms with Crippen LogP contribution in [0.5, 0.6) is 0 Å². The SMILES string of the molecule is NC1(C(=O)NCc2ccc(I)cc2Cl)CCN(c2ncnc3[nH]ccc23)CC1. The maximum absolute atomic E-state index is 12.8. The predicted octanol–water partition coefficient (Wildman–Crippen LogP) is 2.83. The molecule has 0 saturated carbocycles. The third kappa shape index (κ3) is 3.81. The zero-order valence-electron chi connectivity index (χ0n) is 15.1. The highest BCUT2D eigenvalue weighted by atomic mass is 127. The van der Waals surface area contributed by atoms with E-state index in [1.54, 1.807) is 6.33 Å². The molecule has 1 amide bonds. The number of nitrogens with zero attached hydrogens (tertiary/aromatic N) is 3. The van der Waals surface area contributed by atoms with Crippen LogP contribution in [0.15, 0.2) is 36.8 Å². The Morgan fingerprint density at radius 3 is 2.86 bits per heavy atom. The van der Waals surface area contributed by atoms with Crippen molar-refractivity contribution in [1.29, 1.82) is 0 Å². The van der Waals surface area contributed by atoms with E-state index in [0.717, 1.165) is 26.0 Å². The highest BCUT2D eigenvalue weighted by Gasteiger charge is 2.38. The van der Waals surface area contributed by atoms with Gasteiger partial charge in [-0.25, -0.2) is 9.97 Å². The van der Waals surface area contributed by atoms with Gasteiger partial charge in [-0.2, -0.15) is 0 Å². The summed E-state index contributed by atoms with van der Waals surface area (Å²) >= 11 is 8.46. The topological polar surface area (TPSA) is 99.9 Å². The highest BCUT2D eigenvalue weighted by Crippen LogP contribution is 2.28. The fraction of sp³-hybridized carbons (Fsp3) is 0.316. The lowest BCUT2D eigenvalue weighted by Crippen LogP contribution is -2.59. The van der Waals surface area contributed by atoms with Gasteiger partial charge in [0.25, 0.3) is 0 Å². The first kappa shape index (κ1) is 19.4. The van der Waals surface area contributed by atoms with Crippen molar-refractivity contribution in [3.63, 3.8) is 0 Å². The molecule has 3 aromatic rings. The Bertz CT molecular complexity index is 1010. The molecule has 28 heavy (non-hydrogen) atoms. The van der Waals surface area contributed by atoms with Gasteiger partial charge in [0.15, 0.2) is 0 Å². The first-order valence-electron chi connectivity index (χ1n) is 9.00. The number of carbonyl (C=O) groups excluding carboxylic acids is 1. The van der Waals surface area contributed by atoms with Crippen molar-refractivity contribution in [2.45, 2.75) is 24.9 Å². The molecule has 1 aromatic carbocycles. The third-order valence-electron chi connectivity index (χ3n) is 5.19. The number of H-pyrrole nitrogens is 1. The largest absolute Gasteiger partial charge is 0.356 e. The van der Waals surface area contributed by atoms with E-state index >= 15 is 0 Å². The molecule has 1 aliphatic rings. The number of aromatic nitrogens is 3. The average molecular weight is 511 g/mol. The van der Waals surface area contributed by atoms with Gasteiger partial charge in [-0.1, -0.05) is 17.7 Å². The fourth-order valence-corrected chi connectivity index (χ4v) is 4.39. The molecule has 0 atom stereocenters. The van der Waals surface area contributed by atoms with E-state index in [2.05, 4.69) is 47.8 Å². The van der Waals surface area contributed by atoms with Crippen molar-refractivity contribution in [3.05, 3.63) is 50.9 Å². The first-order chi connectivity index (χ1) is 13.5. The Morgan fingerprint density at radius 2 is 2.11 bits per heavy atom. The van der Waals surface area contributed by atoms with E-state index in [0.29, 0.717) is 37.5 Å². The number of benzene rings is 1. The van der Waals surface area contributed by atoms with Crippen molar-refractivity contribution < 1.29 is 4.79 Å². The lowest BCUT2D eigenvalue weighted by molar-refractivity contribution is -0.127. The number of hydrogen-bond donors (Lipinski definition) is 3. The van der Waals surface area contributed by atoms with Crippen LogP contribution in [-0.4, -0.2) is 39.5 Å². The molecule has 1 saturated heterocycles. The van der Waals surface area contributed by atoms with Gasteiger partial charge in [0.05, 0.1) is 10.9 Å². The van der Waals surface area contributed by atoms with Crippen LogP contribution in [0.3, 0.4) is 0 Å². The van der Waals surface area contributed by atoms with E-state index < -0.39 is 5.54 Å². The number of hydrogen-bond acceptors (Lipinski definition) is 5. The quantitative estimate of drug-likeness (QED) is 0.469. The first-order valence-corrected chi connectivity index (χ1v) is 10.5. The van der Waals surface area contributed by atoms with Gasteiger partial charge in [-0.15, -0.1) is 0 Å². The highest BCUT2D eigenvalue weighted by molar-refractivity contribution is 14.1. The van der Waals surface area contributed by atoms with Crippen LogP contribution in [-0.2, 0) is 11.3 Å². The minimum Gasteiger partial charge on any atom is -0.356 e. The van der Waals surface area contributed by atoms with Gasteiger partial charge in [-0.3, -0.25) is 4.79 Å². The summed E-state index contributed by atoms with van der Waals surface area (Å²) in [6.45, 7) is 1.68. The lowest BCUT2D eigenvalue weighted by atomic mass is 9.87. The standard InChI is InChI=1S/C19H20ClIN6O/c20-15-9-13(21)2-1-12(15)10-24-18(28)19(22)4-7-27(8-5-19)17-14-3-6-23-16(14)25-11-26-17/h1-3,6,9,11H,4-5,7-8,10,22H2,(H,24,28)(H,23,25,26). The van der Waals surface area contributed by atoms with E-state index in [4.69, 9.17) is 17.3 Å². The maximum Gasteiger partial charge on any atom is 0.240 e. The van der Waals surface area contributed by atoms with Crippen molar-refractivity contribution in [2.75, 3.05) is 18.0 Å². The van der Waals surface area contributed by atoms with Crippen molar-refractivity contribution in [3.8, 4) is 0 Å². The Hall–Kier alpha value is -1.91. The molecular weight excluding hydrogens is 491 g/mol. The Labute approximate surface area is 181 Å². The molecule has 7 nitrogen and oxygen atoms in total. The Morgan fingerprint density at radius 1 is 1.32 bits per heavy atom. The van der Waals surface area contributed by atoms with Crippen LogP contribution in [0.4, 0.5) is 5.82 Å². The lowest BCUT2D eigenvalue weighted by Gasteiger charge is -2.38. The maximum atomic E-state index is 12.8. The van der Waals surface area contributed by atoms with E-state index in [9.17, 15) is 4.79 Å². The molecule has 146 valence electrons. The molecule has 9 heteroatoms. The summed E-state index contributed by atoms with van der Waals surface area (Å²) in [5.74, 6) is 0.732. The molecule has 0 radical (unpaired) electrons. The van der Waals surface area contributed by atoms with Crippen LogP contribution in [0.25, 0.3) is 11.0 Å². The normalized spacial score (nSPS) is 16.3. The molecule has 4 N–H and O–H groups in total. The molecule has 1 aliphatic heterocycles. The molecule has 0 spiro atoms. The van der Waals surface area contributed by atoms with E-state index in [-0.39, 0.29) is 5.91 Å². The summed E-state index contributed by atoms with van der Waals surface area (Å²) in [5.41, 5.74) is 7.25. The Balaban J connectivity index is 1.40. The fourth-order valence-electron chi connectivity index (χ4n) is 3.47. The molecule has 0 aliphatic carbocycles. The van der Waals surface area contributed by atoms with Gasteiger partial charge < -0.3 is 20.9 Å². The van der Waals surface area contributed by atoms with Crippen molar-refractivity contribution in [2.24, 2.45) is 5.73 Å². The number of piperidine rings is 1. The third-order valence-corrected chi connectivity index (χ3v) is 6.22. The number of carbonyl (C=O) groups is 1. The number of fused-ring (bicyclic) bond motifs is 1. The molecule has 4 rings (SSSR count). The number of amides is 1. The zero-order chi connectivity index (χ0) is 19.7. The van der Waals surface area contributed by atoms with Gasteiger partial charge in [0, 0.05) is 34.4 Å². The number of nitrogens with one attached hydrogen (secondary N) is 2. The van der Waals surface area contributed by atoms with Crippen molar-refractivity contribution in [1.82, 2.24) is 20.3 Å². The van der Waals surface area contributed by atoms with E-state index in [1.165, 1.54) is 0 Å². The second-order valence-corrected chi connectivity index (χ2v) is 8.65. The Kier molecular flexibility index (Phi) is 5.44. The monoisotopic (exact) mass is 510 g/mol. The molecule has 0 unspecified atom stereocenters. The number of anilines is 1. The summed E-state index contributed by atoms with van der Waals surface area (Å²) in [5, 5.41) is 4.57. The van der Waals surface area contributed by atoms with E-state index in [1.807, 2.05) is 30.5 Å². The van der Waals surface area contributed by atoms with Crippen molar-refractivity contribution >= 4 is 57.0 Å². The minimum absolute atomic E-state index is 0.142.